The molecule has 1 saturated heterocycles. The second kappa shape index (κ2) is 9.73. The molecule has 0 bridgehead atoms. The summed E-state index contributed by atoms with van der Waals surface area (Å²) in [6.07, 6.45) is 0. The molecule has 2 aromatic carbocycles. The molecule has 1 fully saturated rings. The van der Waals surface area contributed by atoms with E-state index in [1.165, 1.54) is 16.2 Å². The minimum absolute atomic E-state index is 0.0453. The van der Waals surface area contributed by atoms with E-state index in [0.717, 1.165) is 16.0 Å². The number of anilines is 1. The number of thiophene rings is 1. The molecule has 1 aliphatic heterocycles. The minimum atomic E-state index is -0.748. The summed E-state index contributed by atoms with van der Waals surface area (Å²) in [7, 11) is 0. The van der Waals surface area contributed by atoms with Crippen molar-refractivity contribution in [2.75, 3.05) is 18.1 Å². The van der Waals surface area contributed by atoms with E-state index in [2.05, 4.69) is 0 Å². The quantitative estimate of drug-likeness (QED) is 0.265. The number of ether oxygens (including phenoxy) is 2. The highest BCUT2D eigenvalue weighted by Crippen LogP contribution is 2.46. The highest BCUT2D eigenvalue weighted by atomic mass is 32.1. The largest absolute Gasteiger partial charge is 0.507 e. The van der Waals surface area contributed by atoms with Gasteiger partial charge < -0.3 is 14.6 Å². The predicted molar refractivity (Wildman–Crippen MR) is 134 cm³/mol. The van der Waals surface area contributed by atoms with Crippen LogP contribution in [0.15, 0.2) is 59.5 Å². The third kappa shape index (κ3) is 4.07. The smallest absolute Gasteiger partial charge is 0.300 e. The van der Waals surface area contributed by atoms with Gasteiger partial charge in [-0.25, -0.2) is 0 Å². The number of benzene rings is 2. The lowest BCUT2D eigenvalue weighted by Gasteiger charge is -2.26. The molecule has 1 atom stereocenters. The second-order valence-electron chi connectivity index (χ2n) is 7.95. The van der Waals surface area contributed by atoms with Gasteiger partial charge in [0.15, 0.2) is 0 Å². The van der Waals surface area contributed by atoms with E-state index in [0.29, 0.717) is 36.0 Å². The molecule has 7 heteroatoms. The van der Waals surface area contributed by atoms with Gasteiger partial charge >= 0.3 is 0 Å². The molecule has 1 amide bonds. The van der Waals surface area contributed by atoms with Gasteiger partial charge in [-0.05, 0) is 68.5 Å². The number of rotatable bonds is 7. The van der Waals surface area contributed by atoms with Crippen molar-refractivity contribution in [3.63, 3.8) is 0 Å². The number of nitrogens with zero attached hydrogens (tertiary/aromatic N) is 1. The predicted octanol–water partition coefficient (Wildman–Crippen LogP) is 5.79. The SMILES string of the molecule is CCOc1ccc(/C(O)=C2\C(=O)C(=O)N(c3ccccc3C)C2c2sccc2C)c(OCC)c1. The lowest BCUT2D eigenvalue weighted by atomic mass is 9.97. The number of aliphatic hydroxyl groups excluding tert-OH is 1. The van der Waals surface area contributed by atoms with Crippen molar-refractivity contribution in [1.29, 1.82) is 0 Å². The van der Waals surface area contributed by atoms with Crippen molar-refractivity contribution in [2.24, 2.45) is 0 Å². The number of Topliss-reactive ketones (excluding diaryl/α,β-unsaturated/α-hetero) is 1. The third-order valence-corrected chi connectivity index (χ3v) is 6.86. The Morgan fingerprint density at radius 2 is 1.74 bits per heavy atom. The maximum atomic E-state index is 13.4. The van der Waals surface area contributed by atoms with Crippen LogP contribution >= 0.6 is 11.3 Å². The van der Waals surface area contributed by atoms with Gasteiger partial charge in [0, 0.05) is 16.6 Å². The molecule has 0 saturated carbocycles. The number of aryl methyl sites for hydroxylation is 2. The Morgan fingerprint density at radius 3 is 2.38 bits per heavy atom. The van der Waals surface area contributed by atoms with Gasteiger partial charge in [0.25, 0.3) is 11.7 Å². The molecule has 0 spiro atoms. The van der Waals surface area contributed by atoms with Gasteiger partial charge in [-0.2, -0.15) is 0 Å². The van der Waals surface area contributed by atoms with E-state index >= 15 is 0 Å². The van der Waals surface area contributed by atoms with Crippen LogP contribution in [-0.4, -0.2) is 30.0 Å². The molecule has 1 N–H and O–H groups in total. The summed E-state index contributed by atoms with van der Waals surface area (Å²) < 4.78 is 11.3. The zero-order valence-electron chi connectivity index (χ0n) is 19.6. The van der Waals surface area contributed by atoms with Crippen LogP contribution in [0, 0.1) is 13.8 Å². The Kier molecular flexibility index (Phi) is 6.75. The summed E-state index contributed by atoms with van der Waals surface area (Å²) >= 11 is 1.45. The summed E-state index contributed by atoms with van der Waals surface area (Å²) in [6.45, 7) is 8.39. The van der Waals surface area contributed by atoms with E-state index in [4.69, 9.17) is 9.47 Å². The van der Waals surface area contributed by atoms with Gasteiger partial charge in [-0.15, -0.1) is 11.3 Å². The molecule has 2 heterocycles. The molecule has 6 nitrogen and oxygen atoms in total. The number of ketones is 1. The van der Waals surface area contributed by atoms with Gasteiger partial charge in [-0.1, -0.05) is 18.2 Å². The molecular formula is C27H27NO5S. The maximum Gasteiger partial charge on any atom is 0.300 e. The highest BCUT2D eigenvalue weighted by molar-refractivity contribution is 7.10. The topological polar surface area (TPSA) is 76.1 Å². The van der Waals surface area contributed by atoms with Crippen molar-refractivity contribution < 1.29 is 24.2 Å². The number of amides is 1. The fourth-order valence-corrected chi connectivity index (χ4v) is 5.23. The van der Waals surface area contributed by atoms with Crippen LogP contribution in [0.5, 0.6) is 11.5 Å². The van der Waals surface area contributed by atoms with Crippen molar-refractivity contribution in [3.05, 3.63) is 81.1 Å². The molecule has 34 heavy (non-hydrogen) atoms. The highest BCUT2D eigenvalue weighted by Gasteiger charge is 2.48. The molecule has 1 aromatic heterocycles. The summed E-state index contributed by atoms with van der Waals surface area (Å²) in [4.78, 5) is 29.1. The molecule has 0 aliphatic carbocycles. The first-order valence-corrected chi connectivity index (χ1v) is 12.1. The monoisotopic (exact) mass is 477 g/mol. The number of carbonyl (C=O) groups is 2. The lowest BCUT2D eigenvalue weighted by molar-refractivity contribution is -0.132. The first kappa shape index (κ1) is 23.6. The number of aliphatic hydroxyl groups is 1. The summed E-state index contributed by atoms with van der Waals surface area (Å²) in [5, 5.41) is 13.4. The third-order valence-electron chi connectivity index (χ3n) is 5.79. The minimum Gasteiger partial charge on any atom is -0.507 e. The first-order valence-electron chi connectivity index (χ1n) is 11.2. The fourth-order valence-electron chi connectivity index (χ4n) is 4.20. The van der Waals surface area contributed by atoms with Crippen molar-refractivity contribution >= 4 is 34.5 Å². The van der Waals surface area contributed by atoms with Crippen LogP contribution in [0.2, 0.25) is 0 Å². The lowest BCUT2D eigenvalue weighted by Crippen LogP contribution is -2.30. The fraction of sp³-hybridized carbons (Fsp3) is 0.259. The maximum absolute atomic E-state index is 13.4. The van der Waals surface area contributed by atoms with Crippen molar-refractivity contribution in [1.82, 2.24) is 0 Å². The summed E-state index contributed by atoms with van der Waals surface area (Å²) in [6, 6.07) is 13.7. The first-order chi connectivity index (χ1) is 16.4. The average molecular weight is 478 g/mol. The zero-order chi connectivity index (χ0) is 24.4. The number of hydrogen-bond donors (Lipinski definition) is 1. The van der Waals surface area contributed by atoms with E-state index in [1.807, 2.05) is 63.4 Å². The van der Waals surface area contributed by atoms with Gasteiger partial charge in [0.05, 0.1) is 24.4 Å². The Hall–Kier alpha value is -3.58. The number of hydrogen-bond acceptors (Lipinski definition) is 6. The normalized spacial score (nSPS) is 17.3. The molecule has 176 valence electrons. The van der Waals surface area contributed by atoms with E-state index in [1.54, 1.807) is 18.2 Å². The Bertz CT molecular complexity index is 1280. The van der Waals surface area contributed by atoms with E-state index in [-0.39, 0.29) is 11.3 Å². The van der Waals surface area contributed by atoms with E-state index < -0.39 is 17.7 Å². The standard InChI is InChI=1S/C27H27NO5S/c1-5-32-18-11-12-19(21(15-18)33-6-2)24(29)22-23(26-17(4)13-14-34-26)28(27(31)25(22)30)20-10-8-7-9-16(20)3/h7-15,23,29H,5-6H2,1-4H3/b24-22+. The van der Waals surface area contributed by atoms with Crippen molar-refractivity contribution in [3.8, 4) is 11.5 Å². The summed E-state index contributed by atoms with van der Waals surface area (Å²) in [5.74, 6) is -0.686. The van der Waals surface area contributed by atoms with Gasteiger partial charge in [-0.3, -0.25) is 14.5 Å². The Balaban J connectivity index is 1.96. The second-order valence-corrected chi connectivity index (χ2v) is 8.90. The number of para-hydroxylation sites is 1. The van der Waals surface area contributed by atoms with Crippen LogP contribution in [0.3, 0.4) is 0 Å². The van der Waals surface area contributed by atoms with Crippen LogP contribution in [-0.2, 0) is 9.59 Å². The molecular weight excluding hydrogens is 450 g/mol. The molecule has 3 aromatic rings. The Morgan fingerprint density at radius 1 is 1.00 bits per heavy atom. The number of carbonyl (C=O) groups excluding carboxylic acids is 2. The van der Waals surface area contributed by atoms with Crippen LogP contribution in [0.1, 0.15) is 41.5 Å². The Labute approximate surface area is 203 Å². The average Bonchev–Trinajstić information content (AvgIpc) is 3.35. The zero-order valence-corrected chi connectivity index (χ0v) is 20.4. The van der Waals surface area contributed by atoms with Gasteiger partial charge in [0.2, 0.25) is 0 Å². The van der Waals surface area contributed by atoms with Crippen LogP contribution in [0.4, 0.5) is 5.69 Å². The molecule has 4 rings (SSSR count). The molecule has 1 aliphatic rings. The van der Waals surface area contributed by atoms with Gasteiger partial charge in [0.1, 0.15) is 23.3 Å². The van der Waals surface area contributed by atoms with Crippen LogP contribution in [0.25, 0.3) is 5.76 Å². The van der Waals surface area contributed by atoms with Crippen LogP contribution < -0.4 is 14.4 Å². The molecule has 1 unspecified atom stereocenters. The van der Waals surface area contributed by atoms with E-state index in [9.17, 15) is 14.7 Å². The molecule has 0 radical (unpaired) electrons. The summed E-state index contributed by atoms with van der Waals surface area (Å²) in [5.41, 5.74) is 2.83. The van der Waals surface area contributed by atoms with Crippen molar-refractivity contribution in [2.45, 2.75) is 33.7 Å².